The Labute approximate surface area is 134 Å². The fourth-order valence-electron chi connectivity index (χ4n) is 1.21. The first-order valence-corrected chi connectivity index (χ1v) is 6.56. The molecule has 0 saturated carbocycles. The van der Waals surface area contributed by atoms with Gasteiger partial charge in [0.2, 0.25) is 0 Å². The van der Waals surface area contributed by atoms with Crippen molar-refractivity contribution in [2.24, 2.45) is 0 Å². The molecular formula is C15H11BrO6. The van der Waals surface area contributed by atoms with E-state index in [0.717, 1.165) is 18.2 Å². The van der Waals surface area contributed by atoms with Crippen LogP contribution in [0.3, 0.4) is 0 Å². The predicted octanol–water partition coefficient (Wildman–Crippen LogP) is 2.72. The molecule has 0 atom stereocenters. The molecule has 7 heteroatoms. The highest BCUT2D eigenvalue weighted by Crippen LogP contribution is 2.39. The standard InChI is InChI=1S/C15H11BrO6/c1-4-12(17)20-9-7-10(21-13(18)5-2)15(16)11(8-9)22-14(19)6-3/h4-8H,1-3H2. The number of carbonyl (C=O) groups excluding carboxylic acids is 3. The minimum Gasteiger partial charge on any atom is -0.423 e. The maximum absolute atomic E-state index is 11.3. The zero-order valence-electron chi connectivity index (χ0n) is 11.3. The third-order valence-corrected chi connectivity index (χ3v) is 2.90. The summed E-state index contributed by atoms with van der Waals surface area (Å²) in [7, 11) is 0. The van der Waals surface area contributed by atoms with Gasteiger partial charge in [-0.25, -0.2) is 14.4 Å². The summed E-state index contributed by atoms with van der Waals surface area (Å²) in [5, 5.41) is 0. The molecule has 1 aromatic rings. The van der Waals surface area contributed by atoms with Gasteiger partial charge >= 0.3 is 17.9 Å². The van der Waals surface area contributed by atoms with Gasteiger partial charge in [0.25, 0.3) is 0 Å². The van der Waals surface area contributed by atoms with Gasteiger partial charge in [0, 0.05) is 30.4 Å². The fourth-order valence-corrected chi connectivity index (χ4v) is 1.60. The number of hydrogen-bond acceptors (Lipinski definition) is 6. The zero-order chi connectivity index (χ0) is 16.7. The third kappa shape index (κ3) is 4.71. The Balaban J connectivity index is 3.28. The maximum Gasteiger partial charge on any atom is 0.335 e. The van der Waals surface area contributed by atoms with Crippen LogP contribution in [-0.2, 0) is 14.4 Å². The Morgan fingerprint density at radius 3 is 1.55 bits per heavy atom. The molecule has 0 bridgehead atoms. The monoisotopic (exact) mass is 366 g/mol. The van der Waals surface area contributed by atoms with Gasteiger partial charge in [0.15, 0.2) is 11.5 Å². The van der Waals surface area contributed by atoms with Crippen molar-refractivity contribution < 1.29 is 28.6 Å². The topological polar surface area (TPSA) is 78.9 Å². The summed E-state index contributed by atoms with van der Waals surface area (Å²) in [4.78, 5) is 33.9. The number of carbonyl (C=O) groups is 3. The Kier molecular flexibility index (Phi) is 6.27. The van der Waals surface area contributed by atoms with E-state index >= 15 is 0 Å². The second kappa shape index (κ2) is 7.94. The van der Waals surface area contributed by atoms with Crippen LogP contribution in [0.2, 0.25) is 0 Å². The lowest BCUT2D eigenvalue weighted by molar-refractivity contribution is -0.129. The Hall–Kier alpha value is -2.67. The summed E-state index contributed by atoms with van der Waals surface area (Å²) in [5.74, 6) is -2.27. The van der Waals surface area contributed by atoms with Gasteiger partial charge in [0.05, 0.1) is 0 Å². The second-order valence-corrected chi connectivity index (χ2v) is 4.40. The molecule has 114 valence electrons. The molecule has 0 saturated heterocycles. The highest BCUT2D eigenvalue weighted by molar-refractivity contribution is 9.10. The molecule has 6 nitrogen and oxygen atoms in total. The lowest BCUT2D eigenvalue weighted by Gasteiger charge is -2.11. The van der Waals surface area contributed by atoms with E-state index in [1.807, 2.05) is 0 Å². The van der Waals surface area contributed by atoms with Crippen LogP contribution in [0, 0.1) is 0 Å². The average Bonchev–Trinajstić information content (AvgIpc) is 2.51. The van der Waals surface area contributed by atoms with Crippen LogP contribution in [0.1, 0.15) is 0 Å². The van der Waals surface area contributed by atoms with Crippen LogP contribution < -0.4 is 14.2 Å². The third-order valence-electron chi connectivity index (χ3n) is 2.12. The first-order valence-electron chi connectivity index (χ1n) is 5.77. The molecule has 0 heterocycles. The van der Waals surface area contributed by atoms with Gasteiger partial charge in [-0.05, 0) is 15.9 Å². The molecule has 0 aromatic heterocycles. The van der Waals surface area contributed by atoms with E-state index in [4.69, 9.17) is 14.2 Å². The van der Waals surface area contributed by atoms with Crippen LogP contribution in [0.4, 0.5) is 0 Å². The van der Waals surface area contributed by atoms with E-state index in [1.54, 1.807) is 0 Å². The molecule has 0 unspecified atom stereocenters. The SMILES string of the molecule is C=CC(=O)Oc1cc(OC(=O)C=C)c(Br)c(OC(=O)C=C)c1. The summed E-state index contributed by atoms with van der Waals surface area (Å²) in [5.41, 5.74) is 0. The number of esters is 3. The van der Waals surface area contributed by atoms with Crippen LogP contribution >= 0.6 is 15.9 Å². The van der Waals surface area contributed by atoms with Gasteiger partial charge < -0.3 is 14.2 Å². The number of benzene rings is 1. The van der Waals surface area contributed by atoms with Gasteiger partial charge in [-0.3, -0.25) is 0 Å². The van der Waals surface area contributed by atoms with Crippen molar-refractivity contribution in [2.75, 3.05) is 0 Å². The average molecular weight is 367 g/mol. The summed E-state index contributed by atoms with van der Waals surface area (Å²) >= 11 is 3.13. The van der Waals surface area contributed by atoms with Crippen LogP contribution in [0.5, 0.6) is 17.2 Å². The number of ether oxygens (including phenoxy) is 3. The molecule has 0 fully saturated rings. The maximum atomic E-state index is 11.3. The largest absolute Gasteiger partial charge is 0.423 e. The van der Waals surface area contributed by atoms with E-state index in [9.17, 15) is 14.4 Å². The second-order valence-electron chi connectivity index (χ2n) is 3.61. The van der Waals surface area contributed by atoms with Gasteiger partial charge in [0.1, 0.15) is 10.2 Å². The molecule has 1 aromatic carbocycles. The summed E-state index contributed by atoms with van der Waals surface area (Å²) in [6.45, 7) is 9.80. The van der Waals surface area contributed by atoms with Crippen LogP contribution in [0.15, 0.2) is 54.6 Å². The minimum atomic E-state index is -0.742. The smallest absolute Gasteiger partial charge is 0.335 e. The van der Waals surface area contributed by atoms with Crippen molar-refractivity contribution in [2.45, 2.75) is 0 Å². The molecule has 0 aliphatic carbocycles. The van der Waals surface area contributed by atoms with E-state index in [0.29, 0.717) is 0 Å². The number of hydrogen-bond donors (Lipinski definition) is 0. The first-order chi connectivity index (χ1) is 10.4. The molecule has 0 aliphatic rings. The van der Waals surface area contributed by atoms with Gasteiger partial charge in [-0.1, -0.05) is 19.7 Å². The van der Waals surface area contributed by atoms with E-state index in [-0.39, 0.29) is 21.7 Å². The predicted molar refractivity (Wildman–Crippen MR) is 81.6 cm³/mol. The molecule has 22 heavy (non-hydrogen) atoms. The van der Waals surface area contributed by atoms with Crippen molar-refractivity contribution in [3.05, 3.63) is 54.6 Å². The Bertz CT molecular complexity index is 619. The minimum absolute atomic E-state index is 0.00757. The summed E-state index contributed by atoms with van der Waals surface area (Å²) < 4.78 is 15.0. The highest BCUT2D eigenvalue weighted by Gasteiger charge is 2.17. The first kappa shape index (κ1) is 17.4. The molecule has 0 spiro atoms. The fraction of sp³-hybridized carbons (Fsp3) is 0. The highest BCUT2D eigenvalue weighted by atomic mass is 79.9. The van der Waals surface area contributed by atoms with Gasteiger partial charge in [-0.2, -0.15) is 0 Å². The molecule has 0 aliphatic heterocycles. The van der Waals surface area contributed by atoms with Crippen molar-refractivity contribution in [3.8, 4) is 17.2 Å². The number of halogens is 1. The summed E-state index contributed by atoms with van der Waals surface area (Å²) in [6, 6.07) is 2.52. The van der Waals surface area contributed by atoms with E-state index in [2.05, 4.69) is 35.7 Å². The van der Waals surface area contributed by atoms with E-state index in [1.165, 1.54) is 12.1 Å². The lowest BCUT2D eigenvalue weighted by Crippen LogP contribution is -2.09. The molecule has 0 radical (unpaired) electrons. The number of rotatable bonds is 6. The van der Waals surface area contributed by atoms with Crippen LogP contribution in [0.25, 0.3) is 0 Å². The zero-order valence-corrected chi connectivity index (χ0v) is 12.9. The lowest BCUT2D eigenvalue weighted by atomic mass is 10.3. The van der Waals surface area contributed by atoms with Crippen LogP contribution in [-0.4, -0.2) is 17.9 Å². The Morgan fingerprint density at radius 2 is 1.18 bits per heavy atom. The van der Waals surface area contributed by atoms with Crippen molar-refractivity contribution in [3.63, 3.8) is 0 Å². The van der Waals surface area contributed by atoms with E-state index < -0.39 is 17.9 Å². The molecule has 0 N–H and O–H groups in total. The summed E-state index contributed by atoms with van der Waals surface area (Å²) in [6.07, 6.45) is 2.85. The molecular weight excluding hydrogens is 356 g/mol. The van der Waals surface area contributed by atoms with Gasteiger partial charge in [-0.15, -0.1) is 0 Å². The Morgan fingerprint density at radius 1 is 0.818 bits per heavy atom. The molecule has 0 amide bonds. The van der Waals surface area contributed by atoms with Crippen molar-refractivity contribution >= 4 is 33.8 Å². The quantitative estimate of drug-likeness (QED) is 0.437. The molecule has 1 rings (SSSR count). The van der Waals surface area contributed by atoms with Crippen molar-refractivity contribution in [1.29, 1.82) is 0 Å². The normalized spacial score (nSPS) is 9.32. The van der Waals surface area contributed by atoms with Crippen molar-refractivity contribution in [1.82, 2.24) is 0 Å².